The zero-order valence-corrected chi connectivity index (χ0v) is 13.7. The van der Waals surface area contributed by atoms with Crippen LogP contribution in [-0.4, -0.2) is 58.4 Å². The molecule has 1 aromatic heterocycles. The highest BCUT2D eigenvalue weighted by Gasteiger charge is 2.25. The molecule has 0 N–H and O–H groups in total. The third kappa shape index (κ3) is 4.38. The molecule has 2 heterocycles. The van der Waals surface area contributed by atoms with E-state index in [-0.39, 0.29) is 5.91 Å². The van der Waals surface area contributed by atoms with Crippen molar-refractivity contribution in [3.05, 3.63) is 23.2 Å². The van der Waals surface area contributed by atoms with Gasteiger partial charge in [-0.2, -0.15) is 0 Å². The number of aromatic nitrogens is 2. The van der Waals surface area contributed by atoms with Crippen molar-refractivity contribution in [2.75, 3.05) is 26.7 Å². The molecule has 1 aliphatic rings. The van der Waals surface area contributed by atoms with Crippen molar-refractivity contribution in [1.29, 1.82) is 0 Å². The molecule has 0 aliphatic carbocycles. The van der Waals surface area contributed by atoms with Crippen molar-refractivity contribution >= 4 is 17.5 Å². The quantitative estimate of drug-likeness (QED) is 0.856. The third-order valence-electron chi connectivity index (χ3n) is 4.17. The zero-order chi connectivity index (χ0) is 15.4. The van der Waals surface area contributed by atoms with Crippen LogP contribution < -0.4 is 0 Å². The number of nitrogens with zero attached hydrogens (tertiary/aromatic N) is 4. The number of amides is 1. The summed E-state index contributed by atoms with van der Waals surface area (Å²) >= 11 is 5.69. The lowest BCUT2D eigenvalue weighted by atomic mass is 9.95. The van der Waals surface area contributed by atoms with Gasteiger partial charge in [0.05, 0.1) is 12.4 Å². The van der Waals surface area contributed by atoms with Gasteiger partial charge in [-0.25, -0.2) is 9.97 Å². The second-order valence-corrected chi connectivity index (χ2v) is 6.38. The lowest BCUT2D eigenvalue weighted by molar-refractivity contribution is 0.0660. The highest BCUT2D eigenvalue weighted by Crippen LogP contribution is 2.20. The van der Waals surface area contributed by atoms with Crippen molar-refractivity contribution in [2.45, 2.75) is 32.7 Å². The van der Waals surface area contributed by atoms with Crippen LogP contribution >= 0.6 is 11.6 Å². The maximum Gasteiger partial charge on any atom is 0.274 e. The molecule has 5 nitrogen and oxygen atoms in total. The van der Waals surface area contributed by atoms with Gasteiger partial charge in [-0.3, -0.25) is 4.79 Å². The number of carbonyl (C=O) groups excluding carboxylic acids is 1. The SMILES string of the molecule is CC(C)N(C)CC1CCN(C(=O)c2cnc(Cl)cn2)CC1. The molecule has 1 fully saturated rings. The number of halogens is 1. The Morgan fingerprint density at radius 1 is 1.38 bits per heavy atom. The number of hydrogen-bond acceptors (Lipinski definition) is 4. The second kappa shape index (κ2) is 7.18. The van der Waals surface area contributed by atoms with Crippen molar-refractivity contribution in [3.8, 4) is 0 Å². The predicted molar refractivity (Wildman–Crippen MR) is 83.4 cm³/mol. The maximum atomic E-state index is 12.3. The first-order chi connectivity index (χ1) is 9.97. The van der Waals surface area contributed by atoms with Gasteiger partial charge in [-0.1, -0.05) is 11.6 Å². The summed E-state index contributed by atoms with van der Waals surface area (Å²) in [5.41, 5.74) is 0.372. The van der Waals surface area contributed by atoms with E-state index in [0.717, 1.165) is 32.5 Å². The minimum absolute atomic E-state index is 0.0465. The van der Waals surface area contributed by atoms with Gasteiger partial charge in [0.2, 0.25) is 0 Å². The van der Waals surface area contributed by atoms with Gasteiger partial charge < -0.3 is 9.80 Å². The molecular formula is C15H23ClN4O. The fraction of sp³-hybridized carbons (Fsp3) is 0.667. The van der Waals surface area contributed by atoms with E-state index in [9.17, 15) is 4.79 Å². The second-order valence-electron chi connectivity index (χ2n) is 5.99. The van der Waals surface area contributed by atoms with Crippen LogP contribution in [-0.2, 0) is 0 Å². The fourth-order valence-electron chi connectivity index (χ4n) is 2.52. The van der Waals surface area contributed by atoms with Gasteiger partial charge in [-0.15, -0.1) is 0 Å². The molecule has 1 aromatic rings. The van der Waals surface area contributed by atoms with Crippen LogP contribution in [0.4, 0.5) is 0 Å². The standard InChI is InChI=1S/C15H23ClN4O/c1-11(2)19(3)10-12-4-6-20(7-5-12)15(21)13-8-18-14(16)9-17-13/h8-9,11-12H,4-7,10H2,1-3H3. The maximum absolute atomic E-state index is 12.3. The molecule has 1 aliphatic heterocycles. The third-order valence-corrected chi connectivity index (χ3v) is 4.36. The Morgan fingerprint density at radius 3 is 2.57 bits per heavy atom. The Hall–Kier alpha value is -1.20. The largest absolute Gasteiger partial charge is 0.337 e. The molecule has 1 amide bonds. The average molecular weight is 311 g/mol. The summed E-state index contributed by atoms with van der Waals surface area (Å²) in [4.78, 5) is 24.5. The Bertz CT molecular complexity index is 469. The molecule has 2 rings (SSSR count). The van der Waals surface area contributed by atoms with Crippen LogP contribution in [0.25, 0.3) is 0 Å². The summed E-state index contributed by atoms with van der Waals surface area (Å²) in [6, 6.07) is 0.564. The van der Waals surface area contributed by atoms with E-state index < -0.39 is 0 Å². The Labute approximate surface area is 131 Å². The molecule has 0 atom stereocenters. The van der Waals surface area contributed by atoms with Crippen molar-refractivity contribution in [1.82, 2.24) is 19.8 Å². The highest BCUT2D eigenvalue weighted by molar-refractivity contribution is 6.29. The Balaban J connectivity index is 1.86. The smallest absolute Gasteiger partial charge is 0.274 e. The highest BCUT2D eigenvalue weighted by atomic mass is 35.5. The van der Waals surface area contributed by atoms with Gasteiger partial charge in [0.15, 0.2) is 0 Å². The van der Waals surface area contributed by atoms with E-state index in [1.165, 1.54) is 12.4 Å². The van der Waals surface area contributed by atoms with Crippen LogP contribution in [0.5, 0.6) is 0 Å². The summed E-state index contributed by atoms with van der Waals surface area (Å²) in [7, 11) is 2.16. The minimum Gasteiger partial charge on any atom is -0.337 e. The summed E-state index contributed by atoms with van der Waals surface area (Å²) in [5, 5.41) is 0.307. The first kappa shape index (κ1) is 16.2. The topological polar surface area (TPSA) is 49.3 Å². The molecule has 116 valence electrons. The minimum atomic E-state index is -0.0465. The van der Waals surface area contributed by atoms with E-state index in [0.29, 0.717) is 22.8 Å². The molecule has 0 aromatic carbocycles. The zero-order valence-electron chi connectivity index (χ0n) is 12.9. The summed E-state index contributed by atoms with van der Waals surface area (Å²) < 4.78 is 0. The normalized spacial score (nSPS) is 16.8. The molecular weight excluding hydrogens is 288 g/mol. The lowest BCUT2D eigenvalue weighted by Gasteiger charge is -2.34. The number of hydrogen-bond donors (Lipinski definition) is 0. The molecule has 6 heteroatoms. The van der Waals surface area contributed by atoms with Crippen molar-refractivity contribution < 1.29 is 4.79 Å². The van der Waals surface area contributed by atoms with Gasteiger partial charge in [-0.05, 0) is 39.7 Å². The van der Waals surface area contributed by atoms with E-state index in [2.05, 4.69) is 35.8 Å². The predicted octanol–water partition coefficient (Wildman–Crippen LogP) is 2.32. The number of piperidine rings is 1. The van der Waals surface area contributed by atoms with Crippen LogP contribution in [0, 0.1) is 5.92 Å². The number of carbonyl (C=O) groups is 1. The van der Waals surface area contributed by atoms with Gasteiger partial charge in [0.1, 0.15) is 10.8 Å². The van der Waals surface area contributed by atoms with E-state index >= 15 is 0 Å². The first-order valence-corrected chi connectivity index (χ1v) is 7.82. The van der Waals surface area contributed by atoms with E-state index in [1.807, 2.05) is 4.90 Å². The van der Waals surface area contributed by atoms with Crippen LogP contribution in [0.15, 0.2) is 12.4 Å². The van der Waals surface area contributed by atoms with E-state index in [1.54, 1.807) is 0 Å². The van der Waals surface area contributed by atoms with Crippen molar-refractivity contribution in [2.24, 2.45) is 5.92 Å². The monoisotopic (exact) mass is 310 g/mol. The Kier molecular flexibility index (Phi) is 5.53. The van der Waals surface area contributed by atoms with E-state index in [4.69, 9.17) is 11.6 Å². The first-order valence-electron chi connectivity index (χ1n) is 7.44. The molecule has 1 saturated heterocycles. The molecule has 0 radical (unpaired) electrons. The molecule has 0 saturated carbocycles. The summed E-state index contributed by atoms with van der Waals surface area (Å²) in [6.45, 7) is 7.09. The summed E-state index contributed by atoms with van der Waals surface area (Å²) in [5.74, 6) is 0.618. The van der Waals surface area contributed by atoms with Crippen LogP contribution in [0.2, 0.25) is 5.15 Å². The Morgan fingerprint density at radius 2 is 2.05 bits per heavy atom. The van der Waals surface area contributed by atoms with Crippen molar-refractivity contribution in [3.63, 3.8) is 0 Å². The fourth-order valence-corrected chi connectivity index (χ4v) is 2.62. The summed E-state index contributed by atoms with van der Waals surface area (Å²) in [6.07, 6.45) is 4.95. The van der Waals surface area contributed by atoms with Gasteiger partial charge in [0, 0.05) is 25.7 Å². The van der Waals surface area contributed by atoms with Crippen LogP contribution in [0.1, 0.15) is 37.2 Å². The lowest BCUT2D eigenvalue weighted by Crippen LogP contribution is -2.42. The molecule has 0 spiro atoms. The molecule has 0 unspecified atom stereocenters. The average Bonchev–Trinajstić information content (AvgIpc) is 2.48. The van der Waals surface area contributed by atoms with Gasteiger partial charge in [0.25, 0.3) is 5.91 Å². The van der Waals surface area contributed by atoms with Gasteiger partial charge >= 0.3 is 0 Å². The molecule has 0 bridgehead atoms. The number of rotatable bonds is 4. The number of likely N-dealkylation sites (tertiary alicyclic amines) is 1. The molecule has 21 heavy (non-hydrogen) atoms. The van der Waals surface area contributed by atoms with Crippen LogP contribution in [0.3, 0.4) is 0 Å².